The van der Waals surface area contributed by atoms with Crippen LogP contribution in [0.1, 0.15) is 21.8 Å². The van der Waals surface area contributed by atoms with Gasteiger partial charge in [-0.15, -0.1) is 0 Å². The first-order chi connectivity index (χ1) is 8.58. The van der Waals surface area contributed by atoms with E-state index in [1.54, 1.807) is 24.3 Å². The van der Waals surface area contributed by atoms with E-state index >= 15 is 0 Å². The maximum Gasteiger partial charge on any atom is 0.253 e. The molecule has 3 N–H and O–H groups in total. The number of para-hydroxylation sites is 1. The van der Waals surface area contributed by atoms with Crippen LogP contribution in [0.4, 0.5) is 5.69 Å². The normalized spacial score (nSPS) is 10.3. The van der Waals surface area contributed by atoms with Gasteiger partial charge in [-0.3, -0.25) is 4.79 Å². The average Bonchev–Trinajstić information content (AvgIpc) is 2.76. The second-order valence-corrected chi connectivity index (χ2v) is 4.67. The number of anilines is 1. The van der Waals surface area contributed by atoms with Gasteiger partial charge >= 0.3 is 0 Å². The minimum atomic E-state index is -0.247. The molecule has 2 aromatic rings. The molecule has 0 aliphatic heterocycles. The predicted octanol–water partition coefficient (Wildman–Crippen LogP) is 2.26. The van der Waals surface area contributed by atoms with E-state index < -0.39 is 0 Å². The Hall–Kier alpha value is -1.82. The fourth-order valence-corrected chi connectivity index (χ4v) is 1.86. The molecule has 0 bridgehead atoms. The van der Waals surface area contributed by atoms with Gasteiger partial charge in [-0.1, -0.05) is 11.2 Å². The monoisotopic (exact) mass is 309 g/mol. The van der Waals surface area contributed by atoms with Crippen molar-refractivity contribution in [2.45, 2.75) is 13.5 Å². The Balaban J connectivity index is 2.06. The van der Waals surface area contributed by atoms with E-state index in [0.29, 0.717) is 21.5 Å². The van der Waals surface area contributed by atoms with Gasteiger partial charge in [-0.25, -0.2) is 0 Å². The highest BCUT2D eigenvalue weighted by atomic mass is 79.9. The lowest BCUT2D eigenvalue weighted by molar-refractivity contribution is 0.0948. The van der Waals surface area contributed by atoms with E-state index in [0.717, 1.165) is 5.69 Å². The number of carbonyl (C=O) groups is 1. The van der Waals surface area contributed by atoms with Crippen molar-refractivity contribution in [3.63, 3.8) is 0 Å². The minimum absolute atomic E-state index is 0.247. The first-order valence-electron chi connectivity index (χ1n) is 5.32. The minimum Gasteiger partial charge on any atom is -0.397 e. The Morgan fingerprint density at radius 2 is 2.33 bits per heavy atom. The number of aromatic nitrogens is 1. The summed E-state index contributed by atoms with van der Waals surface area (Å²) >= 11 is 3.28. The zero-order chi connectivity index (χ0) is 13.1. The Bertz CT molecular complexity index is 580. The summed E-state index contributed by atoms with van der Waals surface area (Å²) in [5, 5.41) is 6.46. The Labute approximate surface area is 112 Å². The second-order valence-electron chi connectivity index (χ2n) is 3.82. The van der Waals surface area contributed by atoms with Crippen LogP contribution in [0.5, 0.6) is 0 Å². The van der Waals surface area contributed by atoms with Crippen LogP contribution in [-0.4, -0.2) is 11.1 Å². The highest BCUT2D eigenvalue weighted by Crippen LogP contribution is 2.22. The molecule has 0 spiro atoms. The summed E-state index contributed by atoms with van der Waals surface area (Å²) in [6.45, 7) is 2.10. The molecule has 5 nitrogen and oxygen atoms in total. The quantitative estimate of drug-likeness (QED) is 0.852. The lowest BCUT2D eigenvalue weighted by Crippen LogP contribution is -2.23. The van der Waals surface area contributed by atoms with Crippen molar-refractivity contribution in [3.05, 3.63) is 45.8 Å². The van der Waals surface area contributed by atoms with Crippen LogP contribution in [0.2, 0.25) is 0 Å². The Morgan fingerprint density at radius 1 is 1.56 bits per heavy atom. The van der Waals surface area contributed by atoms with Crippen molar-refractivity contribution in [2.24, 2.45) is 0 Å². The highest BCUT2D eigenvalue weighted by Gasteiger charge is 2.12. The average molecular weight is 310 g/mol. The zero-order valence-electron chi connectivity index (χ0n) is 9.74. The smallest absolute Gasteiger partial charge is 0.253 e. The van der Waals surface area contributed by atoms with Gasteiger partial charge in [0.05, 0.1) is 23.5 Å². The van der Waals surface area contributed by atoms with E-state index in [1.807, 2.05) is 6.92 Å². The van der Waals surface area contributed by atoms with Crippen LogP contribution >= 0.6 is 15.9 Å². The van der Waals surface area contributed by atoms with E-state index in [4.69, 9.17) is 10.3 Å². The molecule has 0 saturated carbocycles. The number of nitrogens with one attached hydrogen (secondary N) is 1. The molecule has 18 heavy (non-hydrogen) atoms. The summed E-state index contributed by atoms with van der Waals surface area (Å²) in [6.07, 6.45) is 0. The van der Waals surface area contributed by atoms with Crippen molar-refractivity contribution in [1.82, 2.24) is 10.5 Å². The topological polar surface area (TPSA) is 81.2 Å². The first kappa shape index (κ1) is 12.6. The first-order valence-corrected chi connectivity index (χ1v) is 6.11. The maximum absolute atomic E-state index is 11.9. The summed E-state index contributed by atoms with van der Waals surface area (Å²) in [7, 11) is 0. The molecule has 0 saturated heterocycles. The van der Waals surface area contributed by atoms with Gasteiger partial charge in [0.15, 0.2) is 5.76 Å². The van der Waals surface area contributed by atoms with Gasteiger partial charge in [0.2, 0.25) is 0 Å². The largest absolute Gasteiger partial charge is 0.397 e. The Morgan fingerprint density at radius 3 is 3.00 bits per heavy atom. The van der Waals surface area contributed by atoms with Gasteiger partial charge in [-0.2, -0.15) is 0 Å². The number of halogens is 1. The van der Waals surface area contributed by atoms with E-state index in [2.05, 4.69) is 26.4 Å². The van der Waals surface area contributed by atoms with E-state index in [9.17, 15) is 4.79 Å². The molecule has 0 aliphatic rings. The van der Waals surface area contributed by atoms with Gasteiger partial charge in [0.25, 0.3) is 5.91 Å². The summed E-state index contributed by atoms with van der Waals surface area (Å²) in [5.41, 5.74) is 7.44. The van der Waals surface area contributed by atoms with Gasteiger partial charge in [0.1, 0.15) is 0 Å². The number of rotatable bonds is 3. The molecule has 1 aromatic heterocycles. The summed E-state index contributed by atoms with van der Waals surface area (Å²) < 4.78 is 5.70. The van der Waals surface area contributed by atoms with Gasteiger partial charge in [0, 0.05) is 10.5 Å². The lowest BCUT2D eigenvalue weighted by atomic mass is 10.1. The van der Waals surface area contributed by atoms with E-state index in [-0.39, 0.29) is 12.5 Å². The third-order valence-electron chi connectivity index (χ3n) is 2.40. The number of nitrogens with two attached hydrogens (primary N) is 1. The number of aryl methyl sites for hydroxylation is 1. The fraction of sp³-hybridized carbons (Fsp3) is 0.167. The van der Waals surface area contributed by atoms with Crippen molar-refractivity contribution < 1.29 is 9.32 Å². The molecule has 1 heterocycles. The van der Waals surface area contributed by atoms with Crippen molar-refractivity contribution in [2.75, 3.05) is 5.73 Å². The van der Waals surface area contributed by atoms with Crippen LogP contribution in [0.25, 0.3) is 0 Å². The van der Waals surface area contributed by atoms with E-state index in [1.165, 1.54) is 0 Å². The molecular formula is C12H12BrN3O2. The van der Waals surface area contributed by atoms with Crippen LogP contribution in [-0.2, 0) is 6.54 Å². The third-order valence-corrected chi connectivity index (χ3v) is 3.09. The van der Waals surface area contributed by atoms with Crippen molar-refractivity contribution >= 4 is 27.5 Å². The molecule has 0 fully saturated rings. The molecule has 0 aliphatic carbocycles. The van der Waals surface area contributed by atoms with Gasteiger partial charge < -0.3 is 15.6 Å². The molecular weight excluding hydrogens is 298 g/mol. The van der Waals surface area contributed by atoms with Crippen molar-refractivity contribution in [3.8, 4) is 0 Å². The standard InChI is InChI=1S/C12H12BrN3O2/c1-7-5-8(18-16-7)6-15-12(17)9-3-2-4-10(13)11(9)14/h2-5H,6,14H2,1H3,(H,15,17). The molecule has 1 amide bonds. The summed E-state index contributed by atoms with van der Waals surface area (Å²) in [4.78, 5) is 11.9. The second kappa shape index (κ2) is 5.22. The molecule has 6 heteroatoms. The summed E-state index contributed by atoms with van der Waals surface area (Å²) in [6, 6.07) is 6.98. The number of nitrogen functional groups attached to an aromatic ring is 1. The van der Waals surface area contributed by atoms with Crippen LogP contribution in [0.3, 0.4) is 0 Å². The van der Waals surface area contributed by atoms with Crippen molar-refractivity contribution in [1.29, 1.82) is 0 Å². The number of hydrogen-bond acceptors (Lipinski definition) is 4. The zero-order valence-corrected chi connectivity index (χ0v) is 11.3. The molecule has 2 rings (SSSR count). The SMILES string of the molecule is Cc1cc(CNC(=O)c2cccc(Br)c2N)on1. The van der Waals surface area contributed by atoms with Crippen LogP contribution in [0, 0.1) is 6.92 Å². The predicted molar refractivity (Wildman–Crippen MR) is 71.0 cm³/mol. The number of hydrogen-bond donors (Lipinski definition) is 2. The lowest BCUT2D eigenvalue weighted by Gasteiger charge is -2.07. The molecule has 1 aromatic carbocycles. The molecule has 0 atom stereocenters. The number of nitrogens with zero attached hydrogens (tertiary/aromatic N) is 1. The molecule has 94 valence electrons. The number of carbonyl (C=O) groups excluding carboxylic acids is 1. The van der Waals surface area contributed by atoms with Crippen LogP contribution in [0.15, 0.2) is 33.3 Å². The number of amides is 1. The van der Waals surface area contributed by atoms with Crippen LogP contribution < -0.4 is 11.1 Å². The highest BCUT2D eigenvalue weighted by molar-refractivity contribution is 9.10. The molecule has 0 radical (unpaired) electrons. The summed E-state index contributed by atoms with van der Waals surface area (Å²) in [5.74, 6) is 0.359. The molecule has 0 unspecified atom stereocenters. The fourth-order valence-electron chi connectivity index (χ4n) is 1.50. The number of benzene rings is 1. The maximum atomic E-state index is 11.9. The van der Waals surface area contributed by atoms with Gasteiger partial charge in [-0.05, 0) is 35.0 Å². The Kier molecular flexibility index (Phi) is 3.66. The third kappa shape index (κ3) is 2.70.